The number of carbonyl (C=O) groups is 1. The highest BCUT2D eigenvalue weighted by Crippen LogP contribution is 2.15. The second-order valence-electron chi connectivity index (χ2n) is 6.96. The van der Waals surface area contributed by atoms with Crippen molar-refractivity contribution < 1.29 is 18.7 Å². The molecule has 1 N–H and O–H groups in total. The Morgan fingerprint density at radius 3 is 2.38 bits per heavy atom. The molecule has 0 spiro atoms. The van der Waals surface area contributed by atoms with Crippen LogP contribution in [0.15, 0.2) is 36.2 Å². The van der Waals surface area contributed by atoms with Crippen LogP contribution in [-0.2, 0) is 14.3 Å². The molecule has 0 saturated heterocycles. The van der Waals surface area contributed by atoms with Gasteiger partial charge in [-0.2, -0.15) is 0 Å². The van der Waals surface area contributed by atoms with Gasteiger partial charge in [0.2, 0.25) is 0 Å². The first kappa shape index (κ1) is 27.8. The maximum atomic E-state index is 13.0. The summed E-state index contributed by atoms with van der Waals surface area (Å²) in [5, 5.41) is 2.81. The van der Waals surface area contributed by atoms with Gasteiger partial charge in [0.25, 0.3) is 5.91 Å². The molecule has 0 aromatic rings. The number of rotatable bonds is 19. The van der Waals surface area contributed by atoms with Crippen molar-refractivity contribution in [2.24, 2.45) is 5.92 Å². The van der Waals surface area contributed by atoms with Crippen LogP contribution in [0.1, 0.15) is 58.8 Å². The topological polar surface area (TPSA) is 47.6 Å². The summed E-state index contributed by atoms with van der Waals surface area (Å²) in [6, 6.07) is 0. The van der Waals surface area contributed by atoms with Gasteiger partial charge in [-0.3, -0.25) is 4.79 Å². The molecular formula is C23H39ClFNO3. The average Bonchev–Trinajstić information content (AvgIpc) is 2.70. The number of ether oxygens (including phenoxy) is 2. The predicted molar refractivity (Wildman–Crippen MR) is 120 cm³/mol. The van der Waals surface area contributed by atoms with Crippen molar-refractivity contribution in [3.8, 4) is 0 Å². The lowest BCUT2D eigenvalue weighted by Crippen LogP contribution is -2.28. The highest BCUT2D eigenvalue weighted by Gasteiger charge is 2.07. The molecule has 0 aromatic heterocycles. The Morgan fingerprint density at radius 1 is 1.10 bits per heavy atom. The van der Waals surface area contributed by atoms with E-state index in [2.05, 4.69) is 11.9 Å². The Morgan fingerprint density at radius 2 is 1.76 bits per heavy atom. The largest absolute Gasteiger partial charge is 0.379 e. The number of halogens is 2. The van der Waals surface area contributed by atoms with Crippen molar-refractivity contribution in [1.82, 2.24) is 5.32 Å². The molecule has 1 unspecified atom stereocenters. The highest BCUT2D eigenvalue weighted by atomic mass is 35.5. The number of alkyl halides is 1. The van der Waals surface area contributed by atoms with E-state index in [1.807, 2.05) is 6.92 Å². The fraction of sp³-hybridized carbons (Fsp3) is 0.696. The second kappa shape index (κ2) is 20.1. The summed E-state index contributed by atoms with van der Waals surface area (Å²) < 4.78 is 24.0. The van der Waals surface area contributed by atoms with E-state index >= 15 is 0 Å². The molecule has 0 aliphatic heterocycles. The van der Waals surface area contributed by atoms with E-state index in [0.29, 0.717) is 38.4 Å². The van der Waals surface area contributed by atoms with Crippen LogP contribution in [0.5, 0.6) is 0 Å². The minimum absolute atomic E-state index is 0.0803. The Hall–Kier alpha value is -1.17. The second-order valence-corrected chi connectivity index (χ2v) is 7.34. The Labute approximate surface area is 181 Å². The van der Waals surface area contributed by atoms with E-state index in [4.69, 9.17) is 21.1 Å². The number of carbonyl (C=O) groups excluding carboxylic acids is 1. The quantitative estimate of drug-likeness (QED) is 0.123. The zero-order valence-electron chi connectivity index (χ0n) is 18.2. The fourth-order valence-corrected chi connectivity index (χ4v) is 2.90. The number of unbranched alkanes of at least 4 members (excludes halogenated alkanes) is 4. The molecule has 0 fully saturated rings. The van der Waals surface area contributed by atoms with Crippen LogP contribution in [0, 0.1) is 5.92 Å². The molecule has 0 saturated carbocycles. The van der Waals surface area contributed by atoms with Gasteiger partial charge in [-0.1, -0.05) is 44.9 Å². The molecule has 0 aliphatic carbocycles. The molecular weight excluding hydrogens is 393 g/mol. The third kappa shape index (κ3) is 17.4. The third-order valence-electron chi connectivity index (χ3n) is 4.44. The van der Waals surface area contributed by atoms with E-state index in [1.54, 1.807) is 12.2 Å². The van der Waals surface area contributed by atoms with E-state index in [-0.39, 0.29) is 17.7 Å². The summed E-state index contributed by atoms with van der Waals surface area (Å²) in [5.74, 6) is 0.441. The third-order valence-corrected chi connectivity index (χ3v) is 4.71. The SMILES string of the molecule is C=C/C(=C\CC(/C=C(\C)F)CC)C(=O)NCCOCCOCCCCCCCCl. The lowest BCUT2D eigenvalue weighted by atomic mass is 9.99. The summed E-state index contributed by atoms with van der Waals surface area (Å²) in [5.41, 5.74) is 0.503. The maximum Gasteiger partial charge on any atom is 0.251 e. The summed E-state index contributed by atoms with van der Waals surface area (Å²) in [6.07, 6.45) is 12.1. The summed E-state index contributed by atoms with van der Waals surface area (Å²) >= 11 is 5.64. The molecule has 29 heavy (non-hydrogen) atoms. The van der Waals surface area contributed by atoms with E-state index < -0.39 is 0 Å². The fourth-order valence-electron chi connectivity index (χ4n) is 2.71. The van der Waals surface area contributed by atoms with Gasteiger partial charge in [0.1, 0.15) is 0 Å². The molecule has 4 nitrogen and oxygen atoms in total. The van der Waals surface area contributed by atoms with E-state index in [0.717, 1.165) is 31.7 Å². The normalized spacial score (nSPS) is 13.4. The summed E-state index contributed by atoms with van der Waals surface area (Å²) in [4.78, 5) is 12.2. The van der Waals surface area contributed by atoms with Gasteiger partial charge >= 0.3 is 0 Å². The van der Waals surface area contributed by atoms with E-state index in [9.17, 15) is 9.18 Å². The minimum Gasteiger partial charge on any atom is -0.379 e. The average molecular weight is 432 g/mol. The van der Waals surface area contributed by atoms with Crippen molar-refractivity contribution in [2.75, 3.05) is 38.9 Å². The van der Waals surface area contributed by atoms with Crippen LogP contribution < -0.4 is 5.32 Å². The molecule has 0 radical (unpaired) electrons. The first-order valence-corrected chi connectivity index (χ1v) is 11.2. The zero-order chi connectivity index (χ0) is 21.7. The molecule has 0 bridgehead atoms. The van der Waals surface area contributed by atoms with Crippen molar-refractivity contribution in [1.29, 1.82) is 0 Å². The number of nitrogens with one attached hydrogen (secondary N) is 1. The molecule has 6 heteroatoms. The minimum atomic E-state index is -0.196. The Balaban J connectivity index is 3.79. The molecule has 1 amide bonds. The van der Waals surface area contributed by atoms with Gasteiger partial charge in [0, 0.05) is 24.6 Å². The van der Waals surface area contributed by atoms with E-state index in [1.165, 1.54) is 32.3 Å². The summed E-state index contributed by atoms with van der Waals surface area (Å²) in [7, 11) is 0. The molecule has 0 heterocycles. The molecule has 168 valence electrons. The van der Waals surface area contributed by atoms with Crippen LogP contribution >= 0.6 is 11.6 Å². The standard InChI is InChI=1S/C23H39ClFNO3/c1-4-21(19-20(3)25)11-12-22(5-2)23(27)26-14-16-29-18-17-28-15-10-8-6-7-9-13-24/h5,12,19,21H,2,4,6-11,13-18H2,1,3H3,(H,26,27)/b20-19+,22-12+. The molecule has 1 atom stereocenters. The monoisotopic (exact) mass is 431 g/mol. The summed E-state index contributed by atoms with van der Waals surface area (Å²) in [6.45, 7) is 9.80. The van der Waals surface area contributed by atoms with Crippen molar-refractivity contribution in [3.63, 3.8) is 0 Å². The van der Waals surface area contributed by atoms with Gasteiger partial charge < -0.3 is 14.8 Å². The lowest BCUT2D eigenvalue weighted by molar-refractivity contribution is -0.117. The highest BCUT2D eigenvalue weighted by molar-refractivity contribution is 6.17. The van der Waals surface area contributed by atoms with Crippen LogP contribution in [0.2, 0.25) is 0 Å². The maximum absolute atomic E-state index is 13.0. The molecule has 0 aromatic carbocycles. The first-order chi connectivity index (χ1) is 14.0. The number of hydrogen-bond acceptors (Lipinski definition) is 3. The Kier molecular flexibility index (Phi) is 19.3. The smallest absolute Gasteiger partial charge is 0.251 e. The van der Waals surface area contributed by atoms with Crippen LogP contribution in [0.4, 0.5) is 4.39 Å². The van der Waals surface area contributed by atoms with Crippen molar-refractivity contribution in [2.45, 2.75) is 58.8 Å². The van der Waals surface area contributed by atoms with Gasteiger partial charge in [0.15, 0.2) is 0 Å². The van der Waals surface area contributed by atoms with Gasteiger partial charge in [0.05, 0.1) is 25.6 Å². The number of hydrogen-bond donors (Lipinski definition) is 1. The van der Waals surface area contributed by atoms with Crippen molar-refractivity contribution >= 4 is 17.5 Å². The Bertz CT molecular complexity index is 491. The lowest BCUT2D eigenvalue weighted by Gasteiger charge is -2.10. The van der Waals surface area contributed by atoms with Gasteiger partial charge in [-0.25, -0.2) is 4.39 Å². The van der Waals surface area contributed by atoms with Gasteiger partial charge in [-0.05, 0) is 44.6 Å². The molecule has 0 rings (SSSR count). The van der Waals surface area contributed by atoms with Crippen LogP contribution in [0.25, 0.3) is 0 Å². The number of allylic oxidation sites excluding steroid dienone is 3. The van der Waals surface area contributed by atoms with Crippen LogP contribution in [-0.4, -0.2) is 44.8 Å². The van der Waals surface area contributed by atoms with Crippen LogP contribution in [0.3, 0.4) is 0 Å². The van der Waals surface area contributed by atoms with Crippen molar-refractivity contribution in [3.05, 3.63) is 36.2 Å². The zero-order valence-corrected chi connectivity index (χ0v) is 18.9. The van der Waals surface area contributed by atoms with Gasteiger partial charge in [-0.15, -0.1) is 11.6 Å². The number of amides is 1. The predicted octanol–water partition coefficient (Wildman–Crippen LogP) is 5.73. The first-order valence-electron chi connectivity index (χ1n) is 10.7. The molecule has 0 aliphatic rings.